The van der Waals surface area contributed by atoms with E-state index in [1.807, 2.05) is 0 Å². The van der Waals surface area contributed by atoms with Gasteiger partial charge in [0.25, 0.3) is 0 Å². The molecule has 2 fully saturated rings. The highest BCUT2D eigenvalue weighted by Gasteiger charge is 2.43. The van der Waals surface area contributed by atoms with Gasteiger partial charge in [-0.05, 0) is 44.6 Å². The Morgan fingerprint density at radius 2 is 1.90 bits per heavy atom. The fourth-order valence-electron chi connectivity index (χ4n) is 4.47. The molecule has 0 aromatic rings. The predicted octanol–water partition coefficient (Wildman–Crippen LogP) is 3.78. The molecule has 1 N–H and O–H groups in total. The second kappa shape index (κ2) is 6.46. The first-order chi connectivity index (χ1) is 9.43. The van der Waals surface area contributed by atoms with Gasteiger partial charge in [0, 0.05) is 12.6 Å². The molecule has 0 heterocycles. The van der Waals surface area contributed by atoms with Gasteiger partial charge in [0.2, 0.25) is 0 Å². The second-order valence-corrected chi connectivity index (χ2v) is 7.63. The first-order valence-corrected chi connectivity index (χ1v) is 8.36. The average molecular weight is 281 g/mol. The molecule has 2 saturated carbocycles. The number of carboxylic acid groups (broad SMARTS) is 1. The molecule has 2 rings (SSSR count). The molecule has 2 aliphatic rings. The highest BCUT2D eigenvalue weighted by Crippen LogP contribution is 2.41. The standard InChI is InChI=1S/C17H31NO2/c1-13-6-4-8-15(10-13)18(3)12-17(16(19)20)9-5-7-14(2)11-17/h13-15H,4-12H2,1-3H3,(H,19,20). The van der Waals surface area contributed by atoms with Crippen LogP contribution in [0.2, 0.25) is 0 Å². The van der Waals surface area contributed by atoms with Crippen molar-refractivity contribution in [2.75, 3.05) is 13.6 Å². The Morgan fingerprint density at radius 3 is 2.50 bits per heavy atom. The van der Waals surface area contributed by atoms with Crippen molar-refractivity contribution in [3.05, 3.63) is 0 Å². The summed E-state index contributed by atoms with van der Waals surface area (Å²) < 4.78 is 0. The summed E-state index contributed by atoms with van der Waals surface area (Å²) in [5.74, 6) is 0.778. The van der Waals surface area contributed by atoms with Gasteiger partial charge in [-0.2, -0.15) is 0 Å². The molecule has 3 nitrogen and oxygen atoms in total. The molecular weight excluding hydrogens is 250 g/mol. The van der Waals surface area contributed by atoms with Crippen LogP contribution in [0.5, 0.6) is 0 Å². The van der Waals surface area contributed by atoms with Crippen molar-refractivity contribution >= 4 is 5.97 Å². The van der Waals surface area contributed by atoms with Crippen LogP contribution in [0.3, 0.4) is 0 Å². The molecule has 0 bridgehead atoms. The van der Waals surface area contributed by atoms with E-state index in [2.05, 4.69) is 25.8 Å². The van der Waals surface area contributed by atoms with Crippen LogP contribution in [0.25, 0.3) is 0 Å². The Bertz CT molecular complexity index is 344. The Hall–Kier alpha value is -0.570. The van der Waals surface area contributed by atoms with Gasteiger partial charge in [-0.1, -0.05) is 39.5 Å². The van der Waals surface area contributed by atoms with E-state index in [1.165, 1.54) is 32.1 Å². The van der Waals surface area contributed by atoms with Crippen LogP contribution in [0.4, 0.5) is 0 Å². The van der Waals surface area contributed by atoms with E-state index in [0.717, 1.165) is 31.7 Å². The Labute approximate surface area is 123 Å². The summed E-state index contributed by atoms with van der Waals surface area (Å²) in [4.78, 5) is 14.2. The van der Waals surface area contributed by atoms with Crippen LogP contribution < -0.4 is 0 Å². The number of hydrogen-bond donors (Lipinski definition) is 1. The quantitative estimate of drug-likeness (QED) is 0.852. The van der Waals surface area contributed by atoms with Gasteiger partial charge in [0.1, 0.15) is 0 Å². The molecular formula is C17H31NO2. The number of hydrogen-bond acceptors (Lipinski definition) is 2. The molecule has 4 unspecified atom stereocenters. The molecule has 20 heavy (non-hydrogen) atoms. The van der Waals surface area contributed by atoms with Crippen molar-refractivity contribution in [1.29, 1.82) is 0 Å². The molecule has 0 aliphatic heterocycles. The van der Waals surface area contributed by atoms with Gasteiger partial charge in [0.15, 0.2) is 0 Å². The Morgan fingerprint density at radius 1 is 1.20 bits per heavy atom. The largest absolute Gasteiger partial charge is 0.481 e. The van der Waals surface area contributed by atoms with E-state index < -0.39 is 11.4 Å². The first-order valence-electron chi connectivity index (χ1n) is 8.36. The monoisotopic (exact) mass is 281 g/mol. The van der Waals surface area contributed by atoms with E-state index >= 15 is 0 Å². The zero-order valence-electron chi connectivity index (χ0n) is 13.4. The minimum atomic E-state index is -0.570. The lowest BCUT2D eigenvalue weighted by Crippen LogP contribution is -2.48. The maximum absolute atomic E-state index is 11.9. The summed E-state index contributed by atoms with van der Waals surface area (Å²) in [6.45, 7) is 5.28. The third kappa shape index (κ3) is 3.55. The molecule has 0 amide bonds. The predicted molar refractivity (Wildman–Crippen MR) is 81.8 cm³/mol. The van der Waals surface area contributed by atoms with Crippen LogP contribution in [0.1, 0.15) is 65.2 Å². The van der Waals surface area contributed by atoms with Crippen molar-refractivity contribution in [1.82, 2.24) is 4.90 Å². The fraction of sp³-hybridized carbons (Fsp3) is 0.941. The Kier molecular flexibility index (Phi) is 5.11. The summed E-state index contributed by atoms with van der Waals surface area (Å²) >= 11 is 0. The first kappa shape index (κ1) is 15.8. The van der Waals surface area contributed by atoms with Crippen molar-refractivity contribution in [3.8, 4) is 0 Å². The number of carbonyl (C=O) groups is 1. The lowest BCUT2D eigenvalue weighted by Gasteiger charge is -2.42. The van der Waals surface area contributed by atoms with E-state index in [1.54, 1.807) is 0 Å². The molecule has 0 aromatic heterocycles. The van der Waals surface area contributed by atoms with Crippen molar-refractivity contribution in [3.63, 3.8) is 0 Å². The van der Waals surface area contributed by atoms with Gasteiger partial charge in [-0.15, -0.1) is 0 Å². The molecule has 4 atom stereocenters. The smallest absolute Gasteiger partial charge is 0.310 e. The van der Waals surface area contributed by atoms with Crippen LogP contribution >= 0.6 is 0 Å². The van der Waals surface area contributed by atoms with Gasteiger partial charge >= 0.3 is 5.97 Å². The normalized spacial score (nSPS) is 38.9. The van der Waals surface area contributed by atoms with Crippen LogP contribution in [-0.4, -0.2) is 35.6 Å². The number of rotatable bonds is 4. The third-order valence-electron chi connectivity index (χ3n) is 5.63. The van der Waals surface area contributed by atoms with E-state index in [9.17, 15) is 9.90 Å². The van der Waals surface area contributed by atoms with Crippen molar-refractivity contribution < 1.29 is 9.90 Å². The molecule has 0 spiro atoms. The maximum Gasteiger partial charge on any atom is 0.310 e. The molecule has 0 saturated heterocycles. The van der Waals surface area contributed by atoms with Crippen LogP contribution in [0.15, 0.2) is 0 Å². The molecule has 0 aromatic carbocycles. The SMILES string of the molecule is CC1CCCC(N(C)CC2(C(=O)O)CCCC(C)C2)C1. The Balaban J connectivity index is 2.02. The van der Waals surface area contributed by atoms with Gasteiger partial charge in [-0.3, -0.25) is 4.79 Å². The highest BCUT2D eigenvalue weighted by atomic mass is 16.4. The summed E-state index contributed by atoms with van der Waals surface area (Å²) in [6.07, 6.45) is 9.10. The topological polar surface area (TPSA) is 40.5 Å². The molecule has 0 radical (unpaired) electrons. The summed E-state index contributed by atoms with van der Waals surface area (Å²) in [7, 11) is 2.15. The van der Waals surface area contributed by atoms with E-state index in [0.29, 0.717) is 12.0 Å². The van der Waals surface area contributed by atoms with Gasteiger partial charge in [0.05, 0.1) is 5.41 Å². The highest BCUT2D eigenvalue weighted by molar-refractivity contribution is 5.75. The maximum atomic E-state index is 11.9. The van der Waals surface area contributed by atoms with Crippen LogP contribution in [-0.2, 0) is 4.79 Å². The minimum absolute atomic E-state index is 0.493. The molecule has 116 valence electrons. The molecule has 3 heteroatoms. The van der Waals surface area contributed by atoms with Gasteiger partial charge < -0.3 is 10.0 Å². The molecule has 2 aliphatic carbocycles. The second-order valence-electron chi connectivity index (χ2n) is 7.63. The number of nitrogens with zero attached hydrogens (tertiary/aromatic N) is 1. The lowest BCUT2D eigenvalue weighted by molar-refractivity contribution is -0.154. The average Bonchev–Trinajstić information content (AvgIpc) is 2.38. The lowest BCUT2D eigenvalue weighted by atomic mass is 9.69. The van der Waals surface area contributed by atoms with E-state index in [4.69, 9.17) is 0 Å². The van der Waals surface area contributed by atoms with Crippen molar-refractivity contribution in [2.45, 2.75) is 71.3 Å². The van der Waals surface area contributed by atoms with Crippen LogP contribution in [0, 0.1) is 17.3 Å². The zero-order chi connectivity index (χ0) is 14.8. The summed E-state index contributed by atoms with van der Waals surface area (Å²) in [5.41, 5.74) is -0.493. The zero-order valence-corrected chi connectivity index (χ0v) is 13.4. The number of carboxylic acids is 1. The fourth-order valence-corrected chi connectivity index (χ4v) is 4.47. The van der Waals surface area contributed by atoms with Crippen molar-refractivity contribution in [2.24, 2.45) is 17.3 Å². The minimum Gasteiger partial charge on any atom is -0.481 e. The van der Waals surface area contributed by atoms with Gasteiger partial charge in [-0.25, -0.2) is 0 Å². The number of aliphatic carboxylic acids is 1. The summed E-state index contributed by atoms with van der Waals surface area (Å²) in [6, 6.07) is 0.590. The van der Waals surface area contributed by atoms with E-state index in [-0.39, 0.29) is 0 Å². The summed E-state index contributed by atoms with van der Waals surface area (Å²) in [5, 5.41) is 9.78. The third-order valence-corrected chi connectivity index (χ3v) is 5.63.